The van der Waals surface area contributed by atoms with Crippen molar-refractivity contribution in [3.8, 4) is 11.8 Å². The minimum Gasteiger partial charge on any atom is -0.495 e. The van der Waals surface area contributed by atoms with Gasteiger partial charge in [0.1, 0.15) is 35.8 Å². The summed E-state index contributed by atoms with van der Waals surface area (Å²) in [4.78, 5) is 49.4. The summed E-state index contributed by atoms with van der Waals surface area (Å²) in [5.74, 6) is 1.07. The number of hydrogen-bond acceptors (Lipinski definition) is 9. The summed E-state index contributed by atoms with van der Waals surface area (Å²) in [5, 5.41) is 15.5. The van der Waals surface area contributed by atoms with Crippen LogP contribution in [0.2, 0.25) is 0 Å². The number of morpholine rings is 1. The van der Waals surface area contributed by atoms with Gasteiger partial charge in [-0.1, -0.05) is 12.1 Å². The van der Waals surface area contributed by atoms with Crippen LogP contribution in [-0.4, -0.2) is 66.5 Å². The summed E-state index contributed by atoms with van der Waals surface area (Å²) < 4.78 is 10.6. The molecule has 204 valence electrons. The van der Waals surface area contributed by atoms with Gasteiger partial charge in [-0.05, 0) is 36.6 Å². The van der Waals surface area contributed by atoms with Crippen molar-refractivity contribution in [1.82, 2.24) is 14.9 Å². The van der Waals surface area contributed by atoms with Gasteiger partial charge in [0.05, 0.1) is 30.7 Å². The highest BCUT2D eigenvalue weighted by Gasteiger charge is 2.28. The number of rotatable bonds is 7. The van der Waals surface area contributed by atoms with Gasteiger partial charge in [-0.3, -0.25) is 19.8 Å². The second kappa shape index (κ2) is 11.8. The van der Waals surface area contributed by atoms with Crippen molar-refractivity contribution < 1.29 is 23.9 Å². The molecule has 4 heterocycles. The number of nitrogens with zero attached hydrogens (tertiary/aromatic N) is 5. The van der Waals surface area contributed by atoms with Crippen LogP contribution in [0.25, 0.3) is 0 Å². The van der Waals surface area contributed by atoms with Crippen molar-refractivity contribution in [3.63, 3.8) is 0 Å². The molecule has 2 aliphatic heterocycles. The number of carbonyl (C=O) groups is 3. The third kappa shape index (κ3) is 5.55. The Labute approximate surface area is 230 Å². The quantitative estimate of drug-likeness (QED) is 0.430. The predicted octanol–water partition coefficient (Wildman–Crippen LogP) is 3.26. The maximum atomic E-state index is 13.4. The molecule has 1 fully saturated rings. The number of methoxy groups -OCH3 is 1. The van der Waals surface area contributed by atoms with E-state index in [2.05, 4.69) is 26.7 Å². The molecule has 3 aromatic rings. The molecule has 1 saturated heterocycles. The number of para-hydroxylation sites is 2. The molecule has 0 unspecified atom stereocenters. The molecule has 2 aliphatic rings. The Morgan fingerprint density at radius 3 is 2.88 bits per heavy atom. The Bertz CT molecular complexity index is 1500. The lowest BCUT2D eigenvalue weighted by atomic mass is 10.0. The van der Waals surface area contributed by atoms with Crippen LogP contribution in [0.5, 0.6) is 5.75 Å². The van der Waals surface area contributed by atoms with Crippen molar-refractivity contribution in [1.29, 1.82) is 5.26 Å². The minimum absolute atomic E-state index is 0.0161. The molecule has 40 heavy (non-hydrogen) atoms. The lowest BCUT2D eigenvalue weighted by molar-refractivity contribution is -0.143. The largest absolute Gasteiger partial charge is 0.495 e. The first kappa shape index (κ1) is 26.6. The third-order valence-corrected chi connectivity index (χ3v) is 6.71. The number of urea groups is 1. The number of fused-ring (bicyclic) bond motifs is 1. The van der Waals surface area contributed by atoms with E-state index in [1.165, 1.54) is 11.1 Å². The molecule has 1 aromatic carbocycles. The molecule has 12 nitrogen and oxygen atoms in total. The zero-order valence-corrected chi connectivity index (χ0v) is 21.8. The Hall–Kier alpha value is -5.02. The van der Waals surface area contributed by atoms with E-state index in [4.69, 9.17) is 9.47 Å². The first-order valence-corrected chi connectivity index (χ1v) is 12.7. The predicted molar refractivity (Wildman–Crippen MR) is 146 cm³/mol. The maximum Gasteiger partial charge on any atom is 0.328 e. The third-order valence-electron chi connectivity index (χ3n) is 6.71. The van der Waals surface area contributed by atoms with E-state index in [1.54, 1.807) is 24.1 Å². The fourth-order valence-electron chi connectivity index (χ4n) is 4.69. The van der Waals surface area contributed by atoms with Gasteiger partial charge >= 0.3 is 6.03 Å². The van der Waals surface area contributed by atoms with Crippen LogP contribution >= 0.6 is 0 Å². The second-order valence-corrected chi connectivity index (χ2v) is 9.24. The SMILES string of the molecule is COc1ccccc1Nc1cc(NC(=O)N2CCCc3cc(CN4CCOCC4=O)c(C=O)nc32)ncc1C#N. The van der Waals surface area contributed by atoms with Gasteiger partial charge in [0.25, 0.3) is 0 Å². The van der Waals surface area contributed by atoms with Gasteiger partial charge in [0, 0.05) is 37.5 Å². The molecule has 2 N–H and O–H groups in total. The lowest BCUT2D eigenvalue weighted by Crippen LogP contribution is -2.42. The summed E-state index contributed by atoms with van der Waals surface area (Å²) in [5.41, 5.74) is 3.00. The number of aldehydes is 1. The molecule has 5 rings (SSSR count). The van der Waals surface area contributed by atoms with Crippen molar-refractivity contribution in [2.24, 2.45) is 0 Å². The zero-order valence-electron chi connectivity index (χ0n) is 21.8. The number of nitrogens with one attached hydrogen (secondary N) is 2. The average Bonchev–Trinajstić information content (AvgIpc) is 2.98. The highest BCUT2D eigenvalue weighted by atomic mass is 16.5. The number of nitriles is 1. The van der Waals surface area contributed by atoms with E-state index in [1.807, 2.05) is 24.3 Å². The van der Waals surface area contributed by atoms with Crippen molar-refractivity contribution >= 4 is 41.2 Å². The molecule has 3 amide bonds. The molecule has 0 bridgehead atoms. The van der Waals surface area contributed by atoms with Crippen LogP contribution in [0.1, 0.15) is 33.6 Å². The number of amides is 3. The van der Waals surface area contributed by atoms with Crippen molar-refractivity contribution in [3.05, 3.63) is 65.0 Å². The number of aryl methyl sites for hydroxylation is 1. The Balaban J connectivity index is 1.37. The number of anilines is 4. The van der Waals surface area contributed by atoms with Crippen LogP contribution in [0.15, 0.2) is 42.6 Å². The van der Waals surface area contributed by atoms with Gasteiger partial charge in [-0.2, -0.15) is 5.26 Å². The first-order valence-electron chi connectivity index (χ1n) is 12.7. The summed E-state index contributed by atoms with van der Waals surface area (Å²) in [7, 11) is 1.55. The van der Waals surface area contributed by atoms with E-state index in [0.717, 1.165) is 5.56 Å². The van der Waals surface area contributed by atoms with Gasteiger partial charge < -0.3 is 19.7 Å². The highest BCUT2D eigenvalue weighted by molar-refractivity contribution is 6.02. The van der Waals surface area contributed by atoms with Gasteiger partial charge in [0.2, 0.25) is 5.91 Å². The monoisotopic (exact) mass is 541 g/mol. The Morgan fingerprint density at radius 1 is 1.25 bits per heavy atom. The lowest BCUT2D eigenvalue weighted by Gasteiger charge is -2.30. The number of ether oxygens (including phenoxy) is 2. The van der Waals surface area contributed by atoms with Crippen molar-refractivity contribution in [2.45, 2.75) is 19.4 Å². The number of carbonyl (C=O) groups excluding carboxylic acids is 3. The highest BCUT2D eigenvalue weighted by Crippen LogP contribution is 2.31. The molecule has 0 radical (unpaired) electrons. The smallest absolute Gasteiger partial charge is 0.328 e. The molecule has 2 aromatic heterocycles. The number of benzene rings is 1. The topological polar surface area (TPSA) is 150 Å². The second-order valence-electron chi connectivity index (χ2n) is 9.24. The van der Waals surface area contributed by atoms with Gasteiger partial charge in [0.15, 0.2) is 6.29 Å². The zero-order chi connectivity index (χ0) is 28.1. The number of aromatic nitrogens is 2. The molecule has 0 atom stereocenters. The van der Waals surface area contributed by atoms with E-state index in [0.29, 0.717) is 67.3 Å². The van der Waals surface area contributed by atoms with E-state index in [-0.39, 0.29) is 36.1 Å². The van der Waals surface area contributed by atoms with E-state index in [9.17, 15) is 19.6 Å². The number of pyridine rings is 2. The first-order chi connectivity index (χ1) is 19.5. The molecule has 0 aliphatic carbocycles. The minimum atomic E-state index is -0.471. The van der Waals surface area contributed by atoms with Crippen molar-refractivity contribution in [2.75, 3.05) is 48.9 Å². The van der Waals surface area contributed by atoms with E-state index < -0.39 is 6.03 Å². The van der Waals surface area contributed by atoms with Gasteiger partial charge in [-0.15, -0.1) is 0 Å². The van der Waals surface area contributed by atoms with E-state index >= 15 is 0 Å². The molecule has 0 saturated carbocycles. The van der Waals surface area contributed by atoms with Crippen LogP contribution < -0.4 is 20.3 Å². The molecular weight excluding hydrogens is 514 g/mol. The summed E-state index contributed by atoms with van der Waals surface area (Å²) in [6.07, 6.45) is 3.39. The summed E-state index contributed by atoms with van der Waals surface area (Å²) in [6, 6.07) is 12.3. The number of hydrogen-bond donors (Lipinski definition) is 2. The summed E-state index contributed by atoms with van der Waals surface area (Å²) >= 11 is 0. The maximum absolute atomic E-state index is 13.4. The Morgan fingerprint density at radius 2 is 2.10 bits per heavy atom. The average molecular weight is 542 g/mol. The molecule has 12 heteroatoms. The Kier molecular flexibility index (Phi) is 7.84. The molecular formula is C28H27N7O5. The fourth-order valence-corrected chi connectivity index (χ4v) is 4.69. The molecule has 0 spiro atoms. The fraction of sp³-hybridized carbons (Fsp3) is 0.286. The normalized spacial score (nSPS) is 14.7. The van der Waals surface area contributed by atoms with Crippen LogP contribution in [0.4, 0.5) is 27.8 Å². The van der Waals surface area contributed by atoms with Crippen LogP contribution in [0.3, 0.4) is 0 Å². The summed E-state index contributed by atoms with van der Waals surface area (Å²) in [6.45, 7) is 1.54. The van der Waals surface area contributed by atoms with Crippen LogP contribution in [-0.2, 0) is 22.5 Å². The standard InChI is InChI=1S/C28H27N7O5/c1-39-24-7-3-2-6-21(24)31-22-12-25(30-14-20(22)13-29)33-28(38)35-8-4-5-18-11-19(23(16-36)32-27(18)35)15-34-9-10-40-17-26(34)37/h2-3,6-7,11-12,14,16H,4-5,8-10,15,17H2,1H3,(H2,30,31,33,38). The van der Waals surface area contributed by atoms with Gasteiger partial charge in [-0.25, -0.2) is 14.8 Å². The van der Waals surface area contributed by atoms with Crippen LogP contribution in [0, 0.1) is 11.3 Å².